The first-order valence-electron chi connectivity index (χ1n) is 9.30. The number of para-hydroxylation sites is 1. The second kappa shape index (κ2) is 5.25. The Bertz CT molecular complexity index is 1250. The molecule has 0 bridgehead atoms. The van der Waals surface area contributed by atoms with Crippen LogP contribution in [0.2, 0.25) is 0 Å². The number of benzene rings is 2. The predicted octanol–water partition coefficient (Wildman–Crippen LogP) is 5.85. The zero-order valence-electron chi connectivity index (χ0n) is 16.6. The Morgan fingerprint density at radius 1 is 0.926 bits per heavy atom. The molecule has 0 saturated carbocycles. The molecule has 0 spiro atoms. The Hall–Kier alpha value is -2.55. The van der Waals surface area contributed by atoms with Gasteiger partial charge in [-0.3, -0.25) is 0 Å². The maximum atomic E-state index is 6.38. The van der Waals surface area contributed by atoms with Gasteiger partial charge < -0.3 is 4.42 Å². The minimum Gasteiger partial charge on any atom is -0.448 e. The minimum absolute atomic E-state index is 0. The maximum Gasteiger partial charge on any atom is 0.327 e. The summed E-state index contributed by atoms with van der Waals surface area (Å²) in [6, 6.07) is 8.40. The van der Waals surface area contributed by atoms with Gasteiger partial charge in [-0.15, -0.1) is 0 Å². The summed E-state index contributed by atoms with van der Waals surface area (Å²) >= 11 is 0. The molecule has 3 heteroatoms. The van der Waals surface area contributed by atoms with E-state index in [2.05, 4.69) is 75.9 Å². The summed E-state index contributed by atoms with van der Waals surface area (Å²) in [6.07, 6.45) is 0. The van der Waals surface area contributed by atoms with Crippen molar-refractivity contribution in [2.45, 2.75) is 54.5 Å². The van der Waals surface area contributed by atoms with Crippen molar-refractivity contribution in [1.29, 1.82) is 0 Å². The highest BCUT2D eigenvalue weighted by Crippen LogP contribution is 2.50. The molecule has 2 aromatic carbocycles. The molecule has 0 aliphatic carbocycles. The molecular formula is C24H29N2O+. The third-order valence-corrected chi connectivity index (χ3v) is 6.68. The van der Waals surface area contributed by atoms with E-state index in [1.54, 1.807) is 0 Å². The van der Waals surface area contributed by atoms with Gasteiger partial charge in [-0.1, -0.05) is 25.6 Å². The molecule has 3 nitrogen and oxygen atoms in total. The molecular weight excluding hydrogens is 332 g/mol. The SMILES string of the molecule is C.Cc1c(C)c(C)c2c(c1C)n1c([n+]2C)-c2oc3ccccc3c2C1(C)C. The molecule has 5 rings (SSSR count). The molecule has 0 fully saturated rings. The van der Waals surface area contributed by atoms with Crippen LogP contribution < -0.4 is 4.57 Å². The fourth-order valence-corrected chi connectivity index (χ4v) is 5.04. The van der Waals surface area contributed by atoms with Crippen molar-refractivity contribution in [3.63, 3.8) is 0 Å². The number of rotatable bonds is 0. The summed E-state index contributed by atoms with van der Waals surface area (Å²) in [5.41, 5.74) is 10.3. The van der Waals surface area contributed by atoms with E-state index in [1.165, 1.54) is 50.1 Å². The van der Waals surface area contributed by atoms with Crippen molar-refractivity contribution in [3.05, 3.63) is 52.1 Å². The van der Waals surface area contributed by atoms with Gasteiger partial charge in [0.25, 0.3) is 0 Å². The Morgan fingerprint density at radius 3 is 2.26 bits per heavy atom. The monoisotopic (exact) mass is 361 g/mol. The van der Waals surface area contributed by atoms with Crippen LogP contribution in [0.15, 0.2) is 28.7 Å². The van der Waals surface area contributed by atoms with Crippen LogP contribution in [0.4, 0.5) is 0 Å². The van der Waals surface area contributed by atoms with Crippen LogP contribution >= 0.6 is 0 Å². The molecule has 3 heterocycles. The first-order valence-corrected chi connectivity index (χ1v) is 9.30. The topological polar surface area (TPSA) is 21.9 Å². The van der Waals surface area contributed by atoms with Crippen LogP contribution in [-0.2, 0) is 12.6 Å². The molecule has 0 radical (unpaired) electrons. The fraction of sp³-hybridized carbons (Fsp3) is 0.375. The molecule has 1 aliphatic rings. The van der Waals surface area contributed by atoms with Crippen molar-refractivity contribution in [2.24, 2.45) is 7.05 Å². The Morgan fingerprint density at radius 2 is 1.56 bits per heavy atom. The number of imidazole rings is 1. The van der Waals surface area contributed by atoms with Crippen LogP contribution in [-0.4, -0.2) is 4.57 Å². The number of hydrogen-bond acceptors (Lipinski definition) is 1. The number of aromatic nitrogens is 2. The van der Waals surface area contributed by atoms with Gasteiger partial charge in [0, 0.05) is 16.5 Å². The van der Waals surface area contributed by atoms with E-state index in [-0.39, 0.29) is 13.0 Å². The lowest BCUT2D eigenvalue weighted by Gasteiger charge is -2.19. The van der Waals surface area contributed by atoms with Crippen LogP contribution in [0.1, 0.15) is 49.1 Å². The molecule has 140 valence electrons. The lowest BCUT2D eigenvalue weighted by molar-refractivity contribution is -0.634. The zero-order valence-corrected chi connectivity index (χ0v) is 16.6. The van der Waals surface area contributed by atoms with E-state index in [4.69, 9.17) is 4.42 Å². The number of nitrogens with zero attached hydrogens (tertiary/aromatic N) is 2. The van der Waals surface area contributed by atoms with Gasteiger partial charge in [0.15, 0.2) is 11.0 Å². The normalized spacial score (nSPS) is 14.5. The molecule has 0 N–H and O–H groups in total. The Labute approximate surface area is 161 Å². The first kappa shape index (κ1) is 17.8. The summed E-state index contributed by atoms with van der Waals surface area (Å²) in [5, 5.41) is 1.22. The molecule has 0 saturated heterocycles. The molecule has 2 aromatic heterocycles. The fourth-order valence-electron chi connectivity index (χ4n) is 5.04. The highest BCUT2D eigenvalue weighted by atomic mass is 16.3. The highest BCUT2D eigenvalue weighted by Gasteiger charge is 2.50. The van der Waals surface area contributed by atoms with Gasteiger partial charge in [-0.25, -0.2) is 9.13 Å². The third kappa shape index (κ3) is 1.85. The largest absolute Gasteiger partial charge is 0.448 e. The lowest BCUT2D eigenvalue weighted by atomic mass is 9.92. The van der Waals surface area contributed by atoms with Crippen LogP contribution in [0.3, 0.4) is 0 Å². The Balaban J connectivity index is 0.00000180. The van der Waals surface area contributed by atoms with Gasteiger partial charge in [0.1, 0.15) is 11.1 Å². The van der Waals surface area contributed by atoms with Crippen molar-refractivity contribution >= 4 is 22.0 Å². The molecule has 4 aromatic rings. The van der Waals surface area contributed by atoms with E-state index < -0.39 is 0 Å². The summed E-state index contributed by atoms with van der Waals surface area (Å²) in [5.74, 6) is 2.19. The van der Waals surface area contributed by atoms with E-state index in [9.17, 15) is 0 Å². The van der Waals surface area contributed by atoms with E-state index >= 15 is 0 Å². The van der Waals surface area contributed by atoms with E-state index in [0.29, 0.717) is 0 Å². The number of furan rings is 1. The standard InChI is InChI=1S/C23H25N2O.CH4/c1-12-13(2)15(4)20-19(14(12)3)24(7)22-21-18(23(5,6)25(20)22)16-10-8-9-11-17(16)26-21;/h8-11H,1-7H3;1H4/q+1;. The lowest BCUT2D eigenvalue weighted by Crippen LogP contribution is -2.31. The smallest absolute Gasteiger partial charge is 0.327 e. The minimum atomic E-state index is -0.157. The molecule has 0 amide bonds. The van der Waals surface area contributed by atoms with E-state index in [0.717, 1.165) is 11.3 Å². The van der Waals surface area contributed by atoms with Gasteiger partial charge >= 0.3 is 5.82 Å². The maximum absolute atomic E-state index is 6.38. The molecule has 0 unspecified atom stereocenters. The van der Waals surface area contributed by atoms with Crippen molar-refractivity contribution in [2.75, 3.05) is 0 Å². The van der Waals surface area contributed by atoms with Gasteiger partial charge in [-0.05, 0) is 58.7 Å². The first-order chi connectivity index (χ1) is 12.3. The van der Waals surface area contributed by atoms with Gasteiger partial charge in [0.2, 0.25) is 5.76 Å². The average molecular weight is 362 g/mol. The second-order valence-electron chi connectivity index (χ2n) is 8.28. The van der Waals surface area contributed by atoms with Gasteiger partial charge in [-0.2, -0.15) is 0 Å². The number of aryl methyl sites for hydroxylation is 3. The Kier molecular flexibility index (Phi) is 3.47. The summed E-state index contributed by atoms with van der Waals surface area (Å²) in [7, 11) is 2.17. The zero-order chi connectivity index (χ0) is 18.5. The van der Waals surface area contributed by atoms with Gasteiger partial charge in [0.05, 0.1) is 12.6 Å². The highest BCUT2D eigenvalue weighted by molar-refractivity contribution is 5.93. The van der Waals surface area contributed by atoms with E-state index in [1.807, 2.05) is 6.07 Å². The predicted molar refractivity (Wildman–Crippen MR) is 112 cm³/mol. The molecule has 0 atom stereocenters. The summed E-state index contributed by atoms with van der Waals surface area (Å²) in [6.45, 7) is 13.6. The summed E-state index contributed by atoms with van der Waals surface area (Å²) < 4.78 is 11.2. The van der Waals surface area contributed by atoms with Crippen LogP contribution in [0.25, 0.3) is 33.6 Å². The summed E-state index contributed by atoms with van der Waals surface area (Å²) in [4.78, 5) is 0. The van der Waals surface area contributed by atoms with Crippen molar-refractivity contribution < 1.29 is 8.98 Å². The molecule has 1 aliphatic heterocycles. The van der Waals surface area contributed by atoms with Crippen molar-refractivity contribution in [3.8, 4) is 11.6 Å². The third-order valence-electron chi connectivity index (χ3n) is 6.68. The second-order valence-corrected chi connectivity index (χ2v) is 8.28. The van der Waals surface area contributed by atoms with Crippen molar-refractivity contribution in [1.82, 2.24) is 4.57 Å². The van der Waals surface area contributed by atoms with Crippen LogP contribution in [0, 0.1) is 27.7 Å². The average Bonchev–Trinajstić information content (AvgIpc) is 3.20. The van der Waals surface area contributed by atoms with Crippen LogP contribution in [0.5, 0.6) is 0 Å². The number of fused-ring (bicyclic) bond motifs is 7. The number of hydrogen-bond donors (Lipinski definition) is 0. The molecule has 27 heavy (non-hydrogen) atoms. The quantitative estimate of drug-likeness (QED) is 0.360.